The Balaban J connectivity index is 1.47. The van der Waals surface area contributed by atoms with Gasteiger partial charge in [0.1, 0.15) is 0 Å². The van der Waals surface area contributed by atoms with Gasteiger partial charge < -0.3 is 19.5 Å². The molecule has 8 heteroatoms. The van der Waals surface area contributed by atoms with E-state index < -0.39 is 11.5 Å². The van der Waals surface area contributed by atoms with Crippen LogP contribution in [0.25, 0.3) is 0 Å². The lowest BCUT2D eigenvalue weighted by Crippen LogP contribution is -2.41. The molecule has 0 unspecified atom stereocenters. The van der Waals surface area contributed by atoms with E-state index in [9.17, 15) is 14.7 Å². The molecule has 1 aromatic heterocycles. The number of fused-ring (bicyclic) bond motifs is 2. The molecule has 0 spiro atoms. The van der Waals surface area contributed by atoms with Gasteiger partial charge in [-0.1, -0.05) is 24.3 Å². The van der Waals surface area contributed by atoms with E-state index in [-0.39, 0.29) is 25.5 Å². The number of hydrogen-bond donors (Lipinski definition) is 1. The number of carbonyl (C=O) groups is 2. The van der Waals surface area contributed by atoms with Crippen molar-refractivity contribution >= 4 is 44.6 Å². The lowest BCUT2D eigenvalue weighted by molar-refractivity contribution is -0.136. The first-order valence-corrected chi connectivity index (χ1v) is 10.9. The molecule has 3 aromatic rings. The summed E-state index contributed by atoms with van der Waals surface area (Å²) in [7, 11) is 0. The number of para-hydroxylation sites is 1. The molecule has 1 amide bonds. The van der Waals surface area contributed by atoms with Crippen LogP contribution in [0.1, 0.15) is 27.2 Å². The van der Waals surface area contributed by atoms with Crippen LogP contribution < -0.4 is 14.4 Å². The standard InChI is InChI=1S/C22H16BrNO5S/c23-20-8-7-19(30-20)16(25)10-22(27)14-3-1-2-4-15(14)24(21(22)26)11-13-5-6-17-18(9-13)29-12-28-17/h1-9,27H,10-12H2/t22-/m0/s1. The summed E-state index contributed by atoms with van der Waals surface area (Å²) in [4.78, 5) is 28.2. The van der Waals surface area contributed by atoms with Crippen molar-refractivity contribution in [3.05, 3.63) is 74.4 Å². The van der Waals surface area contributed by atoms with Gasteiger partial charge in [-0.05, 0) is 51.8 Å². The third-order valence-electron chi connectivity index (χ3n) is 5.28. The van der Waals surface area contributed by atoms with Gasteiger partial charge in [-0.25, -0.2) is 0 Å². The van der Waals surface area contributed by atoms with Crippen LogP contribution in [0.15, 0.2) is 58.4 Å². The van der Waals surface area contributed by atoms with Gasteiger partial charge in [0.2, 0.25) is 6.79 Å². The highest BCUT2D eigenvalue weighted by Gasteiger charge is 2.50. The molecule has 152 valence electrons. The van der Waals surface area contributed by atoms with E-state index in [4.69, 9.17) is 9.47 Å². The monoisotopic (exact) mass is 485 g/mol. The predicted octanol–water partition coefficient (Wildman–Crippen LogP) is 4.25. The number of carbonyl (C=O) groups excluding carboxylic acids is 2. The number of hydrogen-bond acceptors (Lipinski definition) is 6. The Morgan fingerprint density at radius 3 is 2.73 bits per heavy atom. The van der Waals surface area contributed by atoms with Gasteiger partial charge in [0, 0.05) is 5.56 Å². The van der Waals surface area contributed by atoms with Crippen LogP contribution in [0.4, 0.5) is 5.69 Å². The summed E-state index contributed by atoms with van der Waals surface area (Å²) < 4.78 is 11.6. The van der Waals surface area contributed by atoms with Crippen LogP contribution in [0, 0.1) is 0 Å². The molecule has 1 atom stereocenters. The van der Waals surface area contributed by atoms with Crippen LogP contribution >= 0.6 is 27.3 Å². The van der Waals surface area contributed by atoms with Crippen molar-refractivity contribution in [1.29, 1.82) is 0 Å². The van der Waals surface area contributed by atoms with E-state index in [1.165, 1.54) is 16.2 Å². The van der Waals surface area contributed by atoms with E-state index >= 15 is 0 Å². The summed E-state index contributed by atoms with van der Waals surface area (Å²) in [6.45, 7) is 0.415. The predicted molar refractivity (Wildman–Crippen MR) is 115 cm³/mol. The molecule has 0 fully saturated rings. The lowest BCUT2D eigenvalue weighted by atomic mass is 9.89. The quantitative estimate of drug-likeness (QED) is 0.546. The Morgan fingerprint density at radius 2 is 1.93 bits per heavy atom. The minimum absolute atomic E-state index is 0.172. The summed E-state index contributed by atoms with van der Waals surface area (Å²) in [5.41, 5.74) is -0.0248. The number of ketones is 1. The summed E-state index contributed by atoms with van der Waals surface area (Å²) in [6.07, 6.45) is -0.312. The second kappa shape index (κ2) is 7.23. The zero-order chi connectivity index (χ0) is 20.9. The largest absolute Gasteiger partial charge is 0.454 e. The summed E-state index contributed by atoms with van der Waals surface area (Å²) in [5, 5.41) is 11.4. The molecule has 30 heavy (non-hydrogen) atoms. The van der Waals surface area contributed by atoms with Crippen LogP contribution in [-0.4, -0.2) is 23.6 Å². The van der Waals surface area contributed by atoms with Crippen molar-refractivity contribution in [2.24, 2.45) is 0 Å². The third-order valence-corrected chi connectivity index (χ3v) is 6.95. The first kappa shape index (κ1) is 19.3. The highest BCUT2D eigenvalue weighted by molar-refractivity contribution is 9.11. The van der Waals surface area contributed by atoms with E-state index in [1.54, 1.807) is 36.4 Å². The van der Waals surface area contributed by atoms with Crippen LogP contribution in [-0.2, 0) is 16.9 Å². The van der Waals surface area contributed by atoms with Gasteiger partial charge in [0.25, 0.3) is 5.91 Å². The Labute approximate surface area is 184 Å². The molecule has 6 nitrogen and oxygen atoms in total. The molecule has 2 aliphatic heterocycles. The number of ether oxygens (including phenoxy) is 2. The second-order valence-electron chi connectivity index (χ2n) is 7.16. The summed E-state index contributed by atoms with van der Waals surface area (Å²) in [5.74, 6) is 0.504. The number of thiophene rings is 1. The topological polar surface area (TPSA) is 76.1 Å². The number of halogens is 1. The molecule has 3 heterocycles. The van der Waals surface area contributed by atoms with E-state index in [0.29, 0.717) is 27.6 Å². The number of anilines is 1. The Morgan fingerprint density at radius 1 is 1.13 bits per heavy atom. The van der Waals surface area contributed by atoms with Gasteiger partial charge in [-0.2, -0.15) is 0 Å². The van der Waals surface area contributed by atoms with Crippen molar-refractivity contribution in [3.8, 4) is 11.5 Å². The summed E-state index contributed by atoms with van der Waals surface area (Å²) >= 11 is 4.62. The van der Waals surface area contributed by atoms with Gasteiger partial charge in [0.05, 0.1) is 27.3 Å². The maximum atomic E-state index is 13.4. The van der Waals surface area contributed by atoms with Crippen molar-refractivity contribution < 1.29 is 24.2 Å². The number of amides is 1. The highest BCUT2D eigenvalue weighted by Crippen LogP contribution is 2.44. The first-order valence-electron chi connectivity index (χ1n) is 9.26. The normalized spacial score (nSPS) is 19.3. The highest BCUT2D eigenvalue weighted by atomic mass is 79.9. The molecule has 0 aliphatic carbocycles. The maximum absolute atomic E-state index is 13.4. The molecule has 2 aromatic carbocycles. The van der Waals surface area contributed by atoms with Crippen LogP contribution in [0.5, 0.6) is 11.5 Å². The van der Waals surface area contributed by atoms with Gasteiger partial charge >= 0.3 is 0 Å². The van der Waals surface area contributed by atoms with Crippen LogP contribution in [0.3, 0.4) is 0 Å². The van der Waals surface area contributed by atoms with Crippen molar-refractivity contribution in [1.82, 2.24) is 0 Å². The van der Waals surface area contributed by atoms with E-state index in [2.05, 4.69) is 15.9 Å². The SMILES string of the molecule is O=C(C[C@@]1(O)C(=O)N(Cc2ccc3c(c2)OCO3)c2ccccc21)c1ccc(Br)s1. The molecule has 2 aliphatic rings. The number of rotatable bonds is 5. The number of Topliss-reactive ketones (excluding diaryl/α,β-unsaturated/α-hetero) is 1. The fraction of sp³-hybridized carbons (Fsp3) is 0.182. The van der Waals surface area contributed by atoms with Crippen molar-refractivity contribution in [3.63, 3.8) is 0 Å². The van der Waals surface area contributed by atoms with Crippen molar-refractivity contribution in [2.45, 2.75) is 18.6 Å². The van der Waals surface area contributed by atoms with Crippen molar-refractivity contribution in [2.75, 3.05) is 11.7 Å². The smallest absolute Gasteiger partial charge is 0.264 e. The molecule has 0 bridgehead atoms. The van der Waals surface area contributed by atoms with E-state index in [1.807, 2.05) is 18.2 Å². The fourth-order valence-electron chi connectivity index (χ4n) is 3.84. The number of aliphatic hydroxyl groups is 1. The zero-order valence-electron chi connectivity index (χ0n) is 15.6. The van der Waals surface area contributed by atoms with Crippen LogP contribution in [0.2, 0.25) is 0 Å². The minimum atomic E-state index is -1.90. The van der Waals surface area contributed by atoms with E-state index in [0.717, 1.165) is 9.35 Å². The Hall–Kier alpha value is -2.68. The molecule has 0 saturated heterocycles. The minimum Gasteiger partial charge on any atom is -0.454 e. The molecule has 0 radical (unpaired) electrons. The van der Waals surface area contributed by atoms with Gasteiger partial charge in [-0.15, -0.1) is 11.3 Å². The third kappa shape index (κ3) is 3.12. The maximum Gasteiger partial charge on any atom is 0.264 e. The van der Waals surface area contributed by atoms with Gasteiger partial charge in [-0.3, -0.25) is 9.59 Å². The zero-order valence-corrected chi connectivity index (χ0v) is 18.0. The lowest BCUT2D eigenvalue weighted by Gasteiger charge is -2.22. The molecular formula is C22H16BrNO5S. The molecule has 5 rings (SSSR count). The molecule has 1 N–H and O–H groups in total. The average Bonchev–Trinajstić information content (AvgIpc) is 3.43. The Kier molecular flexibility index (Phi) is 4.65. The molecular weight excluding hydrogens is 470 g/mol. The number of nitrogens with zero attached hydrogens (tertiary/aromatic N) is 1. The number of benzene rings is 2. The second-order valence-corrected chi connectivity index (χ2v) is 9.62. The first-order chi connectivity index (χ1) is 14.5. The molecule has 0 saturated carbocycles. The average molecular weight is 486 g/mol. The summed E-state index contributed by atoms with van der Waals surface area (Å²) in [6, 6.07) is 16.0. The Bertz CT molecular complexity index is 1180. The fourth-order valence-corrected chi connectivity index (χ4v) is 5.16. The van der Waals surface area contributed by atoms with Gasteiger partial charge in [0.15, 0.2) is 22.9 Å².